The number of rotatable bonds is 6. The first-order valence-corrected chi connectivity index (χ1v) is 9.03. The predicted octanol–water partition coefficient (Wildman–Crippen LogP) is 1.71. The normalized spacial score (nSPS) is 17.8. The molecule has 7 nitrogen and oxygen atoms in total. The van der Waals surface area contributed by atoms with Crippen LogP contribution < -0.4 is 5.09 Å². The van der Waals surface area contributed by atoms with E-state index in [4.69, 9.17) is 9.79 Å². The van der Waals surface area contributed by atoms with E-state index in [0.717, 1.165) is 5.56 Å². The number of allylic oxidation sites excluding steroid dienone is 2. The maximum absolute atomic E-state index is 12.1. The van der Waals surface area contributed by atoms with Crippen LogP contribution in [-0.2, 0) is 9.36 Å². The van der Waals surface area contributed by atoms with Gasteiger partial charge in [-0.25, -0.2) is 4.57 Å². The van der Waals surface area contributed by atoms with E-state index in [1.54, 1.807) is 12.1 Å². The van der Waals surface area contributed by atoms with Crippen LogP contribution in [0.25, 0.3) is 0 Å². The van der Waals surface area contributed by atoms with Gasteiger partial charge in [0.1, 0.15) is 5.75 Å². The molecule has 1 aliphatic carbocycles. The third-order valence-electron chi connectivity index (χ3n) is 3.83. The minimum Gasteiger partial charge on any atom is -0.508 e. The van der Waals surface area contributed by atoms with Gasteiger partial charge in [0, 0.05) is 17.7 Å². The van der Waals surface area contributed by atoms with E-state index in [1.807, 2.05) is 12.0 Å². The molecule has 0 saturated carbocycles. The molecular weight excluding hydrogens is 333 g/mol. The number of aliphatic hydroxyl groups excluding tert-OH is 1. The highest BCUT2D eigenvalue weighted by Crippen LogP contribution is 2.35. The fourth-order valence-corrected chi connectivity index (χ4v) is 3.23. The lowest BCUT2D eigenvalue weighted by Gasteiger charge is -2.24. The molecule has 0 fully saturated rings. The molecule has 0 aromatic heterocycles. The summed E-state index contributed by atoms with van der Waals surface area (Å²) in [7, 11) is -4.57. The zero-order valence-corrected chi connectivity index (χ0v) is 14.0. The van der Waals surface area contributed by atoms with Gasteiger partial charge in [0.05, 0.1) is 6.10 Å². The van der Waals surface area contributed by atoms with Gasteiger partial charge in [0.2, 0.25) is 0 Å². The van der Waals surface area contributed by atoms with Gasteiger partial charge in [0.25, 0.3) is 0 Å². The molecule has 5 N–H and O–H groups in total. The molecule has 2 atom stereocenters. The lowest BCUT2D eigenvalue weighted by Crippen LogP contribution is -2.27. The van der Waals surface area contributed by atoms with Crippen molar-refractivity contribution in [3.05, 3.63) is 53.3 Å². The SMILES string of the molecule is CC(CC(O)C1=C(NP(=O)(O)O)CC=CC1=O)c1ccc(O)cc1. The number of aliphatic hydroxyl groups is 1. The van der Waals surface area contributed by atoms with Gasteiger partial charge >= 0.3 is 7.75 Å². The second-order valence-electron chi connectivity index (χ2n) is 5.76. The average molecular weight is 353 g/mol. The fourth-order valence-electron chi connectivity index (χ4n) is 2.67. The summed E-state index contributed by atoms with van der Waals surface area (Å²) in [5, 5.41) is 21.8. The maximum Gasteiger partial charge on any atom is 0.427 e. The van der Waals surface area contributed by atoms with Gasteiger partial charge < -0.3 is 20.0 Å². The summed E-state index contributed by atoms with van der Waals surface area (Å²) in [5.41, 5.74) is 0.892. The van der Waals surface area contributed by atoms with Crippen molar-refractivity contribution >= 4 is 13.5 Å². The van der Waals surface area contributed by atoms with Crippen molar-refractivity contribution in [3.8, 4) is 5.75 Å². The van der Waals surface area contributed by atoms with Crippen LogP contribution in [0.5, 0.6) is 5.75 Å². The Morgan fingerprint density at radius 1 is 1.25 bits per heavy atom. The van der Waals surface area contributed by atoms with E-state index in [-0.39, 0.29) is 35.8 Å². The maximum atomic E-state index is 12.1. The summed E-state index contributed by atoms with van der Waals surface area (Å²) in [6.07, 6.45) is 1.94. The molecule has 0 spiro atoms. The lowest BCUT2D eigenvalue weighted by molar-refractivity contribution is -0.112. The summed E-state index contributed by atoms with van der Waals surface area (Å²) >= 11 is 0. The Morgan fingerprint density at radius 2 is 1.88 bits per heavy atom. The molecule has 0 radical (unpaired) electrons. The van der Waals surface area contributed by atoms with E-state index in [9.17, 15) is 19.6 Å². The van der Waals surface area contributed by atoms with Crippen LogP contribution in [0.1, 0.15) is 31.2 Å². The van der Waals surface area contributed by atoms with Crippen LogP contribution in [0.15, 0.2) is 47.7 Å². The lowest BCUT2D eigenvalue weighted by atomic mass is 9.88. The summed E-state index contributed by atoms with van der Waals surface area (Å²) in [5.74, 6) is -0.458. The van der Waals surface area contributed by atoms with Crippen LogP contribution in [0.2, 0.25) is 0 Å². The van der Waals surface area contributed by atoms with Gasteiger partial charge in [-0.2, -0.15) is 0 Å². The van der Waals surface area contributed by atoms with Crippen molar-refractivity contribution < 1.29 is 29.4 Å². The fraction of sp³-hybridized carbons (Fsp3) is 0.312. The number of phenols is 1. The van der Waals surface area contributed by atoms with Crippen LogP contribution in [0.4, 0.5) is 0 Å². The molecule has 130 valence electrons. The Morgan fingerprint density at radius 3 is 2.46 bits per heavy atom. The van der Waals surface area contributed by atoms with E-state index in [0.29, 0.717) is 0 Å². The van der Waals surface area contributed by atoms with E-state index in [1.165, 1.54) is 24.3 Å². The van der Waals surface area contributed by atoms with Crippen LogP contribution in [0, 0.1) is 0 Å². The summed E-state index contributed by atoms with van der Waals surface area (Å²) < 4.78 is 11.2. The molecule has 0 aliphatic heterocycles. The predicted molar refractivity (Wildman–Crippen MR) is 88.1 cm³/mol. The number of ketones is 1. The van der Waals surface area contributed by atoms with Gasteiger partial charge in [-0.05, 0) is 36.1 Å². The third kappa shape index (κ3) is 4.79. The smallest absolute Gasteiger partial charge is 0.427 e. The number of carbonyl (C=O) groups excluding carboxylic acids is 1. The Bertz CT molecular complexity index is 719. The van der Waals surface area contributed by atoms with Gasteiger partial charge in [-0.1, -0.05) is 25.1 Å². The molecule has 0 bridgehead atoms. The molecule has 1 aromatic carbocycles. The number of hydrogen-bond acceptors (Lipinski definition) is 4. The van der Waals surface area contributed by atoms with Crippen molar-refractivity contribution in [2.24, 2.45) is 0 Å². The molecule has 0 heterocycles. The second-order valence-corrected chi connectivity index (χ2v) is 7.07. The monoisotopic (exact) mass is 353 g/mol. The molecule has 0 saturated heterocycles. The van der Waals surface area contributed by atoms with Gasteiger partial charge in [-0.3, -0.25) is 9.88 Å². The van der Waals surface area contributed by atoms with E-state index < -0.39 is 19.6 Å². The van der Waals surface area contributed by atoms with Crippen molar-refractivity contribution in [1.82, 2.24) is 5.09 Å². The van der Waals surface area contributed by atoms with Crippen molar-refractivity contribution in [1.29, 1.82) is 0 Å². The van der Waals surface area contributed by atoms with Crippen LogP contribution >= 0.6 is 7.75 Å². The molecule has 0 amide bonds. The molecule has 1 aliphatic rings. The number of carbonyl (C=O) groups is 1. The minimum absolute atomic E-state index is 0.0218. The minimum atomic E-state index is -4.57. The second kappa shape index (κ2) is 7.32. The summed E-state index contributed by atoms with van der Waals surface area (Å²) in [4.78, 5) is 30.2. The standard InChI is InChI=1S/C16H20NO6P/c1-10(11-5-7-12(18)8-6-11)9-15(20)16-13(17-24(21,22)23)3-2-4-14(16)19/h2,4-8,10,15,18,20H,3,9H2,1H3,(H3,17,21,22,23). The molecule has 1 aromatic rings. The number of hydrogen-bond donors (Lipinski definition) is 5. The van der Waals surface area contributed by atoms with E-state index in [2.05, 4.69) is 0 Å². The Hall–Kier alpha value is -1.92. The van der Waals surface area contributed by atoms with Crippen LogP contribution in [0.3, 0.4) is 0 Å². The topological polar surface area (TPSA) is 127 Å². The Labute approximate surface area is 139 Å². The molecule has 2 unspecified atom stereocenters. The highest BCUT2D eigenvalue weighted by Gasteiger charge is 2.28. The Kier molecular flexibility index (Phi) is 5.62. The summed E-state index contributed by atoms with van der Waals surface area (Å²) in [6.45, 7) is 1.86. The third-order valence-corrected chi connectivity index (χ3v) is 4.40. The highest BCUT2D eigenvalue weighted by atomic mass is 31.2. The molecule has 2 rings (SSSR count). The Balaban J connectivity index is 2.20. The number of phenolic OH excluding ortho intramolecular Hbond substituents is 1. The van der Waals surface area contributed by atoms with Crippen molar-refractivity contribution in [2.75, 3.05) is 0 Å². The number of aromatic hydroxyl groups is 1. The zero-order valence-electron chi connectivity index (χ0n) is 13.1. The van der Waals surface area contributed by atoms with Gasteiger partial charge in [0.15, 0.2) is 5.78 Å². The summed E-state index contributed by atoms with van der Waals surface area (Å²) in [6, 6.07) is 6.51. The van der Waals surface area contributed by atoms with E-state index >= 15 is 0 Å². The highest BCUT2D eigenvalue weighted by molar-refractivity contribution is 7.49. The van der Waals surface area contributed by atoms with Gasteiger partial charge in [-0.15, -0.1) is 0 Å². The number of benzene rings is 1. The molecular formula is C16H20NO6P. The average Bonchev–Trinajstić information content (AvgIpc) is 2.46. The van der Waals surface area contributed by atoms with Crippen molar-refractivity contribution in [3.63, 3.8) is 0 Å². The first-order valence-electron chi connectivity index (χ1n) is 7.42. The molecule has 24 heavy (non-hydrogen) atoms. The number of nitrogens with one attached hydrogen (secondary N) is 1. The molecule has 8 heteroatoms. The first-order chi connectivity index (χ1) is 11.2. The van der Waals surface area contributed by atoms with Crippen LogP contribution in [-0.4, -0.2) is 31.9 Å². The largest absolute Gasteiger partial charge is 0.508 e. The zero-order chi connectivity index (χ0) is 17.9. The quantitative estimate of drug-likeness (QED) is 0.493. The van der Waals surface area contributed by atoms with Crippen molar-refractivity contribution in [2.45, 2.75) is 31.8 Å². The first kappa shape index (κ1) is 18.4.